The van der Waals surface area contributed by atoms with Gasteiger partial charge in [-0.05, 0) is 34.5 Å². The lowest BCUT2D eigenvalue weighted by molar-refractivity contribution is -0.385. The number of nitro benzene ring substituents is 1. The van der Waals surface area contributed by atoms with Crippen molar-refractivity contribution in [3.8, 4) is 0 Å². The second kappa shape index (κ2) is 4.58. The van der Waals surface area contributed by atoms with Crippen LogP contribution in [-0.2, 0) is 4.79 Å². The minimum Gasteiger partial charge on any atom is -0.479 e. The Hall–Kier alpha value is -1.47. The minimum atomic E-state index is -1.76. The average Bonchev–Trinajstić information content (AvgIpc) is 2.16. The van der Waals surface area contributed by atoms with Crippen LogP contribution in [0.1, 0.15) is 17.2 Å². The highest BCUT2D eigenvalue weighted by Crippen LogP contribution is 2.31. The lowest BCUT2D eigenvalue weighted by atomic mass is 10.0. The maximum atomic E-state index is 10.6. The van der Waals surface area contributed by atoms with Crippen molar-refractivity contribution in [1.82, 2.24) is 0 Å². The van der Waals surface area contributed by atoms with Crippen molar-refractivity contribution in [1.29, 1.82) is 0 Å². The molecule has 6 nitrogen and oxygen atoms in total. The molecule has 0 saturated carbocycles. The van der Waals surface area contributed by atoms with E-state index in [9.17, 15) is 20.0 Å². The number of carboxylic acids is 1. The Labute approximate surface area is 98.8 Å². The van der Waals surface area contributed by atoms with E-state index in [0.29, 0.717) is 5.56 Å². The van der Waals surface area contributed by atoms with Crippen LogP contribution in [-0.4, -0.2) is 21.1 Å². The first kappa shape index (κ1) is 12.6. The van der Waals surface area contributed by atoms with Gasteiger partial charge in [-0.15, -0.1) is 0 Å². The maximum absolute atomic E-state index is 10.6. The van der Waals surface area contributed by atoms with Gasteiger partial charge in [-0.25, -0.2) is 4.79 Å². The number of aliphatic carboxylic acids is 1. The van der Waals surface area contributed by atoms with E-state index in [1.807, 2.05) is 0 Å². The number of benzene rings is 1. The third kappa shape index (κ3) is 2.37. The Kier molecular flexibility index (Phi) is 3.61. The molecule has 1 unspecified atom stereocenters. The largest absolute Gasteiger partial charge is 0.479 e. The molecule has 1 rings (SSSR count). The van der Waals surface area contributed by atoms with Crippen molar-refractivity contribution in [2.75, 3.05) is 0 Å². The first-order valence-corrected chi connectivity index (χ1v) is 4.99. The highest BCUT2D eigenvalue weighted by atomic mass is 79.9. The molecular formula is C9H8BrNO5. The molecule has 1 aromatic rings. The molecule has 16 heavy (non-hydrogen) atoms. The standard InChI is InChI=1S/C9H8BrNO5/c1-4-2-6(10)7(11(15)16)3-5(4)8(12)9(13)14/h2-3,8,12H,1H3,(H,13,14). The number of aliphatic hydroxyl groups excluding tert-OH is 1. The van der Waals surface area contributed by atoms with E-state index >= 15 is 0 Å². The summed E-state index contributed by atoms with van der Waals surface area (Å²) in [7, 11) is 0. The second-order valence-electron chi connectivity index (χ2n) is 3.16. The van der Waals surface area contributed by atoms with Gasteiger partial charge >= 0.3 is 5.97 Å². The van der Waals surface area contributed by atoms with Crippen LogP contribution in [0, 0.1) is 17.0 Å². The predicted octanol–water partition coefficient (Wildman–Crippen LogP) is 1.78. The summed E-state index contributed by atoms with van der Waals surface area (Å²) in [6.07, 6.45) is -1.76. The van der Waals surface area contributed by atoms with Gasteiger partial charge in [0.05, 0.1) is 9.40 Å². The van der Waals surface area contributed by atoms with Crippen LogP contribution in [0.15, 0.2) is 16.6 Å². The van der Waals surface area contributed by atoms with Crippen LogP contribution in [0.3, 0.4) is 0 Å². The molecule has 1 atom stereocenters. The number of carbonyl (C=O) groups is 1. The fraction of sp³-hybridized carbons (Fsp3) is 0.222. The van der Waals surface area contributed by atoms with Crippen LogP contribution in [0.5, 0.6) is 0 Å². The molecule has 0 aromatic heterocycles. The fourth-order valence-electron chi connectivity index (χ4n) is 1.24. The Morgan fingerprint density at radius 3 is 2.56 bits per heavy atom. The maximum Gasteiger partial charge on any atom is 0.337 e. The summed E-state index contributed by atoms with van der Waals surface area (Å²) in [5.74, 6) is -1.44. The van der Waals surface area contributed by atoms with Crippen molar-refractivity contribution >= 4 is 27.6 Å². The molecule has 2 N–H and O–H groups in total. The van der Waals surface area contributed by atoms with Crippen LogP contribution in [0.4, 0.5) is 5.69 Å². The zero-order valence-electron chi connectivity index (χ0n) is 8.18. The molecule has 0 heterocycles. The summed E-state index contributed by atoms with van der Waals surface area (Å²) in [4.78, 5) is 20.6. The molecule has 0 radical (unpaired) electrons. The summed E-state index contributed by atoms with van der Waals surface area (Å²) < 4.78 is 0.247. The van der Waals surface area contributed by atoms with Gasteiger partial charge in [0, 0.05) is 11.6 Å². The third-order valence-corrected chi connectivity index (χ3v) is 2.70. The number of halogens is 1. The first-order chi connectivity index (χ1) is 7.34. The van der Waals surface area contributed by atoms with Crippen LogP contribution in [0.25, 0.3) is 0 Å². The van der Waals surface area contributed by atoms with Crippen LogP contribution >= 0.6 is 15.9 Å². The smallest absolute Gasteiger partial charge is 0.337 e. The number of hydrogen-bond donors (Lipinski definition) is 2. The van der Waals surface area contributed by atoms with Crippen molar-refractivity contribution < 1.29 is 19.9 Å². The molecule has 0 aliphatic rings. The minimum absolute atomic E-state index is 0.0161. The number of aryl methyl sites for hydroxylation is 1. The number of carboxylic acid groups (broad SMARTS) is 1. The Morgan fingerprint density at radius 2 is 2.12 bits per heavy atom. The molecule has 0 saturated heterocycles. The van der Waals surface area contributed by atoms with E-state index in [-0.39, 0.29) is 15.7 Å². The van der Waals surface area contributed by atoms with E-state index < -0.39 is 17.0 Å². The average molecular weight is 290 g/mol. The molecule has 0 bridgehead atoms. The Bertz CT molecular complexity index is 459. The highest BCUT2D eigenvalue weighted by Gasteiger charge is 2.23. The predicted molar refractivity (Wildman–Crippen MR) is 58.1 cm³/mol. The summed E-state index contributed by atoms with van der Waals surface area (Å²) >= 11 is 3.00. The van der Waals surface area contributed by atoms with E-state index in [0.717, 1.165) is 6.07 Å². The Morgan fingerprint density at radius 1 is 1.56 bits per heavy atom. The molecule has 86 valence electrons. The van der Waals surface area contributed by atoms with Gasteiger partial charge in [-0.2, -0.15) is 0 Å². The molecule has 0 spiro atoms. The van der Waals surface area contributed by atoms with Gasteiger partial charge in [0.2, 0.25) is 0 Å². The van der Waals surface area contributed by atoms with E-state index in [1.54, 1.807) is 6.92 Å². The lowest BCUT2D eigenvalue weighted by Gasteiger charge is -2.09. The van der Waals surface area contributed by atoms with Gasteiger partial charge < -0.3 is 10.2 Å². The second-order valence-corrected chi connectivity index (χ2v) is 4.01. The highest BCUT2D eigenvalue weighted by molar-refractivity contribution is 9.10. The molecular weight excluding hydrogens is 282 g/mol. The number of aliphatic hydroxyl groups is 1. The zero-order chi connectivity index (χ0) is 12.5. The number of rotatable bonds is 3. The zero-order valence-corrected chi connectivity index (χ0v) is 9.76. The van der Waals surface area contributed by atoms with Crippen molar-refractivity contribution in [3.63, 3.8) is 0 Å². The summed E-state index contributed by atoms with van der Waals surface area (Å²) in [5.41, 5.74) is 0.204. The molecule has 0 amide bonds. The topological polar surface area (TPSA) is 101 Å². The quantitative estimate of drug-likeness (QED) is 0.652. The van der Waals surface area contributed by atoms with Crippen LogP contribution in [0.2, 0.25) is 0 Å². The Balaban J connectivity index is 3.35. The number of nitro groups is 1. The van der Waals surface area contributed by atoms with Gasteiger partial charge in [0.25, 0.3) is 5.69 Å². The molecule has 7 heteroatoms. The summed E-state index contributed by atoms with van der Waals surface area (Å²) in [5, 5.41) is 28.6. The van der Waals surface area contributed by atoms with Crippen molar-refractivity contribution in [2.45, 2.75) is 13.0 Å². The molecule has 0 fully saturated rings. The van der Waals surface area contributed by atoms with Crippen LogP contribution < -0.4 is 0 Å². The van der Waals surface area contributed by atoms with Gasteiger partial charge in [0.1, 0.15) is 0 Å². The fourth-order valence-corrected chi connectivity index (χ4v) is 1.85. The van der Waals surface area contributed by atoms with Gasteiger partial charge in [-0.3, -0.25) is 10.1 Å². The monoisotopic (exact) mass is 289 g/mol. The summed E-state index contributed by atoms with van der Waals surface area (Å²) in [6, 6.07) is 2.46. The van der Waals surface area contributed by atoms with E-state index in [2.05, 4.69) is 15.9 Å². The molecule has 0 aliphatic carbocycles. The van der Waals surface area contributed by atoms with Gasteiger partial charge in [0.15, 0.2) is 6.10 Å². The number of nitrogens with zero attached hydrogens (tertiary/aromatic N) is 1. The van der Waals surface area contributed by atoms with E-state index in [4.69, 9.17) is 5.11 Å². The lowest BCUT2D eigenvalue weighted by Crippen LogP contribution is -2.12. The van der Waals surface area contributed by atoms with Gasteiger partial charge in [-0.1, -0.05) is 0 Å². The van der Waals surface area contributed by atoms with E-state index in [1.165, 1.54) is 6.07 Å². The summed E-state index contributed by atoms with van der Waals surface area (Å²) in [6.45, 7) is 1.57. The normalized spacial score (nSPS) is 12.2. The molecule has 0 aliphatic heterocycles. The van der Waals surface area contributed by atoms with Crippen molar-refractivity contribution in [3.05, 3.63) is 37.8 Å². The number of hydrogen-bond acceptors (Lipinski definition) is 4. The molecule has 1 aromatic carbocycles. The SMILES string of the molecule is Cc1cc(Br)c([N+](=O)[O-])cc1C(O)C(=O)O. The van der Waals surface area contributed by atoms with Crippen molar-refractivity contribution in [2.24, 2.45) is 0 Å². The third-order valence-electron chi connectivity index (χ3n) is 2.06. The first-order valence-electron chi connectivity index (χ1n) is 4.20.